The summed E-state index contributed by atoms with van der Waals surface area (Å²) in [5.74, 6) is 0.103. The van der Waals surface area contributed by atoms with E-state index in [1.54, 1.807) is 6.92 Å². The van der Waals surface area contributed by atoms with Crippen LogP contribution in [0.4, 0.5) is 0 Å². The van der Waals surface area contributed by atoms with Crippen LogP contribution in [0.15, 0.2) is 6.07 Å². The molecule has 2 rings (SSSR count). The largest absolute Gasteiger partial charge is 0.543 e. The number of methoxy groups -OCH3 is 1. The molecule has 0 aliphatic carbocycles. The van der Waals surface area contributed by atoms with E-state index >= 15 is 0 Å². The predicted octanol–water partition coefficient (Wildman–Crippen LogP) is 6.21. The fourth-order valence-electron chi connectivity index (χ4n) is 3.41. The SMILES string of the molecule is COC(=O)[C@H]1COCc2c(O[Si](C)(C)C(C)(C)C)cc(O[Si](C)(C)C(C)(C)C)c(C)c2C(=O)S[C@H](C)C(=O)N1. The minimum absolute atomic E-state index is 0.0184. The van der Waals surface area contributed by atoms with Gasteiger partial charge in [0, 0.05) is 22.8 Å². The predicted molar refractivity (Wildman–Crippen MR) is 162 cm³/mol. The Labute approximate surface area is 240 Å². The highest BCUT2D eigenvalue weighted by Gasteiger charge is 2.42. The molecule has 1 aliphatic heterocycles. The summed E-state index contributed by atoms with van der Waals surface area (Å²) in [6.45, 7) is 25.0. The molecule has 0 fully saturated rings. The van der Waals surface area contributed by atoms with Crippen LogP contribution < -0.4 is 14.2 Å². The van der Waals surface area contributed by atoms with E-state index in [2.05, 4.69) is 73.0 Å². The Kier molecular flexibility index (Phi) is 10.2. The lowest BCUT2D eigenvalue weighted by Crippen LogP contribution is -2.47. The highest BCUT2D eigenvalue weighted by atomic mass is 32.2. The van der Waals surface area contributed by atoms with Crippen LogP contribution in [-0.4, -0.2) is 58.6 Å². The second-order valence-electron chi connectivity index (χ2n) is 13.2. The molecule has 0 spiro atoms. The molecule has 0 saturated carbocycles. The third kappa shape index (κ3) is 7.68. The Hall–Kier alpha value is -1.83. The van der Waals surface area contributed by atoms with E-state index in [4.69, 9.17) is 18.3 Å². The average molecular weight is 598 g/mol. The van der Waals surface area contributed by atoms with Gasteiger partial charge in [0.1, 0.15) is 11.5 Å². The van der Waals surface area contributed by atoms with Gasteiger partial charge in [-0.3, -0.25) is 9.59 Å². The Morgan fingerprint density at radius 2 is 1.51 bits per heavy atom. The molecule has 2 atom stereocenters. The minimum atomic E-state index is -2.34. The summed E-state index contributed by atoms with van der Waals surface area (Å²) in [5, 5.41) is 1.48. The van der Waals surface area contributed by atoms with Crippen LogP contribution in [0.5, 0.6) is 11.5 Å². The van der Waals surface area contributed by atoms with E-state index in [-0.39, 0.29) is 28.4 Å². The number of benzene rings is 1. The molecule has 220 valence electrons. The lowest BCUT2D eigenvalue weighted by atomic mass is 10.0. The van der Waals surface area contributed by atoms with Gasteiger partial charge in [-0.1, -0.05) is 53.3 Å². The standard InChI is InChI=1S/C28H47NO7SSi2/c1-17-21(35-38(10,11)27(3,4)5)14-22(36-39(12,13)28(6,7)8)19-15-34-16-20(25(31)33-9)29-24(30)18(2)37-26(32)23(17)19/h14,18,20H,15-16H2,1-13H3,(H,29,30)/t18-,20-/m1/s1. The van der Waals surface area contributed by atoms with E-state index in [9.17, 15) is 14.4 Å². The molecule has 1 N–H and O–H groups in total. The number of carbonyl (C=O) groups excluding carboxylic acids is 3. The number of esters is 1. The monoisotopic (exact) mass is 597 g/mol. The number of fused-ring (bicyclic) bond motifs is 1. The molecule has 39 heavy (non-hydrogen) atoms. The summed E-state index contributed by atoms with van der Waals surface area (Å²) >= 11 is 0.911. The van der Waals surface area contributed by atoms with Gasteiger partial charge in [0.05, 0.1) is 25.6 Å². The van der Waals surface area contributed by atoms with Crippen molar-refractivity contribution in [3.8, 4) is 11.5 Å². The maximum absolute atomic E-state index is 13.9. The van der Waals surface area contributed by atoms with Crippen molar-refractivity contribution in [3.63, 3.8) is 0 Å². The molecule has 0 aromatic heterocycles. The second kappa shape index (κ2) is 12.0. The molecule has 8 nitrogen and oxygen atoms in total. The van der Waals surface area contributed by atoms with Crippen LogP contribution in [0.2, 0.25) is 36.3 Å². The zero-order chi connectivity index (χ0) is 30.1. The van der Waals surface area contributed by atoms with E-state index in [0.29, 0.717) is 28.2 Å². The first-order valence-electron chi connectivity index (χ1n) is 13.3. The molecule has 1 aromatic carbocycles. The van der Waals surface area contributed by atoms with Crippen LogP contribution in [0.1, 0.15) is 70.0 Å². The van der Waals surface area contributed by atoms with Crippen molar-refractivity contribution in [3.05, 3.63) is 22.8 Å². The molecule has 1 aliphatic rings. The first-order chi connectivity index (χ1) is 17.6. The molecule has 1 aromatic rings. The molecule has 0 radical (unpaired) electrons. The van der Waals surface area contributed by atoms with Gasteiger partial charge in [-0.05, 0) is 50.1 Å². The quantitative estimate of drug-likeness (QED) is 0.316. The van der Waals surface area contributed by atoms with E-state index in [1.165, 1.54) is 7.11 Å². The number of amides is 1. The fourth-order valence-corrected chi connectivity index (χ4v) is 6.41. The van der Waals surface area contributed by atoms with Gasteiger partial charge < -0.3 is 23.6 Å². The number of rotatable bonds is 5. The average Bonchev–Trinajstić information content (AvgIpc) is 2.79. The van der Waals surface area contributed by atoms with E-state index in [1.807, 2.05) is 13.0 Å². The van der Waals surface area contributed by atoms with Crippen LogP contribution in [0.3, 0.4) is 0 Å². The van der Waals surface area contributed by atoms with Crippen LogP contribution in [0.25, 0.3) is 0 Å². The second-order valence-corrected chi connectivity index (χ2v) is 24.0. The molecule has 1 amide bonds. The van der Waals surface area contributed by atoms with Crippen LogP contribution >= 0.6 is 11.8 Å². The number of hydrogen-bond acceptors (Lipinski definition) is 8. The van der Waals surface area contributed by atoms with Crippen LogP contribution in [-0.2, 0) is 25.7 Å². The van der Waals surface area contributed by atoms with Crippen LogP contribution in [0, 0.1) is 6.92 Å². The summed E-state index contributed by atoms with van der Waals surface area (Å²) in [5.41, 5.74) is 1.72. The normalized spacial score (nSPS) is 19.9. The lowest BCUT2D eigenvalue weighted by molar-refractivity contribution is -0.147. The Morgan fingerprint density at radius 1 is 1.00 bits per heavy atom. The number of carbonyl (C=O) groups is 3. The first kappa shape index (κ1) is 33.4. The third-order valence-electron chi connectivity index (χ3n) is 8.14. The van der Waals surface area contributed by atoms with Gasteiger partial charge in [0.25, 0.3) is 0 Å². The minimum Gasteiger partial charge on any atom is -0.543 e. The number of nitrogens with one attached hydrogen (secondary N) is 1. The van der Waals surface area contributed by atoms with Crippen molar-refractivity contribution in [2.24, 2.45) is 0 Å². The lowest BCUT2D eigenvalue weighted by Gasteiger charge is -2.39. The molecule has 0 unspecified atom stereocenters. The van der Waals surface area contributed by atoms with Crippen molar-refractivity contribution < 1.29 is 32.7 Å². The Balaban J connectivity index is 2.80. The fraction of sp³-hybridized carbons (Fsp3) is 0.679. The molecular formula is C28H47NO7SSi2. The van der Waals surface area contributed by atoms with Crippen molar-refractivity contribution in [2.45, 2.75) is 110 Å². The maximum Gasteiger partial charge on any atom is 0.330 e. The van der Waals surface area contributed by atoms with Crippen molar-refractivity contribution in [1.82, 2.24) is 5.32 Å². The van der Waals surface area contributed by atoms with Gasteiger partial charge in [-0.2, -0.15) is 0 Å². The van der Waals surface area contributed by atoms with E-state index in [0.717, 1.165) is 11.8 Å². The Bertz CT molecular complexity index is 1110. The summed E-state index contributed by atoms with van der Waals surface area (Å²) in [6, 6.07) is 0.912. The maximum atomic E-state index is 13.9. The van der Waals surface area contributed by atoms with Crippen molar-refractivity contribution in [1.29, 1.82) is 0 Å². The zero-order valence-electron chi connectivity index (χ0n) is 25.9. The summed E-state index contributed by atoms with van der Waals surface area (Å²) in [6.07, 6.45) is 0. The van der Waals surface area contributed by atoms with E-state index < -0.39 is 39.8 Å². The van der Waals surface area contributed by atoms with Crippen molar-refractivity contribution in [2.75, 3.05) is 13.7 Å². The topological polar surface area (TPSA) is 100 Å². The van der Waals surface area contributed by atoms with Gasteiger partial charge >= 0.3 is 5.97 Å². The summed E-state index contributed by atoms with van der Waals surface area (Å²) < 4.78 is 24.4. The molecule has 0 bridgehead atoms. The summed E-state index contributed by atoms with van der Waals surface area (Å²) in [7, 11) is -3.36. The number of thioether (sulfide) groups is 1. The molecular weight excluding hydrogens is 551 g/mol. The smallest absolute Gasteiger partial charge is 0.330 e. The van der Waals surface area contributed by atoms with Gasteiger partial charge in [-0.15, -0.1) is 0 Å². The van der Waals surface area contributed by atoms with Crippen molar-refractivity contribution >= 4 is 45.4 Å². The molecule has 1 heterocycles. The van der Waals surface area contributed by atoms with Gasteiger partial charge in [-0.25, -0.2) is 4.79 Å². The first-order valence-corrected chi connectivity index (χ1v) is 20.0. The highest BCUT2D eigenvalue weighted by molar-refractivity contribution is 8.15. The zero-order valence-corrected chi connectivity index (χ0v) is 28.7. The van der Waals surface area contributed by atoms with Gasteiger partial charge in [0.15, 0.2) is 6.04 Å². The molecule has 11 heteroatoms. The molecule has 0 saturated heterocycles. The number of ether oxygens (including phenoxy) is 2. The highest BCUT2D eigenvalue weighted by Crippen LogP contribution is 2.45. The third-order valence-corrected chi connectivity index (χ3v) is 17.8. The van der Waals surface area contributed by atoms with Gasteiger partial charge in [0.2, 0.25) is 27.7 Å². The Morgan fingerprint density at radius 3 is 2.00 bits per heavy atom. The summed E-state index contributed by atoms with van der Waals surface area (Å²) in [4.78, 5) is 39.1. The number of hydrogen-bond donors (Lipinski definition) is 1.